The van der Waals surface area contributed by atoms with Gasteiger partial charge in [-0.15, -0.1) is 0 Å². The van der Waals surface area contributed by atoms with Crippen LogP contribution in [0.3, 0.4) is 0 Å². The molecule has 0 spiro atoms. The second-order valence-corrected chi connectivity index (χ2v) is 2.48. The van der Waals surface area contributed by atoms with E-state index in [0.717, 1.165) is 0 Å². The van der Waals surface area contributed by atoms with Gasteiger partial charge in [0.25, 0.3) is 0 Å². The maximum Gasteiger partial charge on any atom is 0.365 e. The van der Waals surface area contributed by atoms with Crippen LogP contribution in [0.25, 0.3) is 5.57 Å². The zero-order valence-electron chi connectivity index (χ0n) is 6.99. The third-order valence-corrected chi connectivity index (χ3v) is 1.63. The molecule has 0 saturated heterocycles. The number of aromatic nitrogens is 1. The van der Waals surface area contributed by atoms with Gasteiger partial charge in [-0.05, 0) is 30.2 Å². The predicted molar refractivity (Wildman–Crippen MR) is 45.6 cm³/mol. The van der Waals surface area contributed by atoms with E-state index in [1.54, 1.807) is 12.1 Å². The normalized spacial score (nSPS) is 12.2. The molecule has 0 radical (unpaired) electrons. The minimum absolute atomic E-state index is 0.106. The van der Waals surface area contributed by atoms with Crippen molar-refractivity contribution < 1.29 is 14.3 Å². The molecule has 0 bridgehead atoms. The van der Waals surface area contributed by atoms with Crippen LogP contribution in [0.5, 0.6) is 0 Å². The topological polar surface area (TPSA) is 50.2 Å². The van der Waals surface area contributed by atoms with Gasteiger partial charge in [0.2, 0.25) is 5.83 Å². The lowest BCUT2D eigenvalue weighted by Gasteiger charge is -1.99. The van der Waals surface area contributed by atoms with Crippen molar-refractivity contribution in [3.63, 3.8) is 0 Å². The molecule has 3 nitrogen and oxygen atoms in total. The maximum absolute atomic E-state index is 12.9. The number of allylic oxidation sites excluding steroid dienone is 1. The van der Waals surface area contributed by atoms with Crippen molar-refractivity contribution in [1.29, 1.82) is 0 Å². The molecule has 1 heterocycles. The van der Waals surface area contributed by atoms with Gasteiger partial charge in [-0.3, -0.25) is 4.98 Å². The number of nitrogens with zero attached hydrogens (tertiary/aromatic N) is 1. The van der Waals surface area contributed by atoms with E-state index in [2.05, 4.69) is 4.98 Å². The molecule has 0 aliphatic heterocycles. The first-order chi connectivity index (χ1) is 6.13. The Hall–Kier alpha value is -1.71. The molecule has 4 heteroatoms. The Balaban J connectivity index is 3.11. The van der Waals surface area contributed by atoms with Crippen LogP contribution in [0.1, 0.15) is 12.5 Å². The van der Waals surface area contributed by atoms with Crippen LogP contribution in [-0.4, -0.2) is 16.1 Å². The molecule has 0 unspecified atom stereocenters. The summed E-state index contributed by atoms with van der Waals surface area (Å²) in [5.41, 5.74) is 0.629. The van der Waals surface area contributed by atoms with E-state index in [1.165, 1.54) is 19.3 Å². The van der Waals surface area contributed by atoms with Crippen molar-refractivity contribution in [3.8, 4) is 0 Å². The van der Waals surface area contributed by atoms with Crippen LogP contribution >= 0.6 is 0 Å². The van der Waals surface area contributed by atoms with E-state index in [0.29, 0.717) is 5.56 Å². The zero-order chi connectivity index (χ0) is 9.84. The summed E-state index contributed by atoms with van der Waals surface area (Å²) in [5.74, 6) is -2.68. The van der Waals surface area contributed by atoms with E-state index in [4.69, 9.17) is 5.11 Å². The summed E-state index contributed by atoms with van der Waals surface area (Å²) >= 11 is 0. The van der Waals surface area contributed by atoms with Crippen LogP contribution in [0.2, 0.25) is 0 Å². The molecule has 13 heavy (non-hydrogen) atoms. The first-order valence-electron chi connectivity index (χ1n) is 3.63. The van der Waals surface area contributed by atoms with Crippen molar-refractivity contribution in [3.05, 3.63) is 35.9 Å². The Morgan fingerprint density at radius 3 is 2.46 bits per heavy atom. The third-order valence-electron chi connectivity index (χ3n) is 1.63. The van der Waals surface area contributed by atoms with Crippen LogP contribution in [0, 0.1) is 0 Å². The van der Waals surface area contributed by atoms with E-state index in [-0.39, 0.29) is 5.57 Å². The summed E-state index contributed by atoms with van der Waals surface area (Å²) in [6, 6.07) is 3.11. The molecule has 1 rings (SSSR count). The van der Waals surface area contributed by atoms with Gasteiger partial charge in [0, 0.05) is 12.4 Å². The highest BCUT2D eigenvalue weighted by atomic mass is 19.1. The van der Waals surface area contributed by atoms with Gasteiger partial charge in [0.1, 0.15) is 0 Å². The molecule has 0 atom stereocenters. The monoisotopic (exact) mass is 181 g/mol. The molecular weight excluding hydrogens is 173 g/mol. The molecular formula is C9H8FNO2. The second-order valence-electron chi connectivity index (χ2n) is 2.48. The van der Waals surface area contributed by atoms with Gasteiger partial charge in [-0.1, -0.05) is 0 Å². The first-order valence-corrected chi connectivity index (χ1v) is 3.63. The Kier molecular flexibility index (Phi) is 2.74. The van der Waals surface area contributed by atoms with Crippen LogP contribution in [0.15, 0.2) is 30.4 Å². The largest absolute Gasteiger partial charge is 0.476 e. The summed E-state index contributed by atoms with van der Waals surface area (Å²) in [4.78, 5) is 14.0. The number of hydrogen-bond acceptors (Lipinski definition) is 2. The van der Waals surface area contributed by atoms with Crippen LogP contribution < -0.4 is 0 Å². The minimum atomic E-state index is -1.55. The highest BCUT2D eigenvalue weighted by molar-refractivity contribution is 5.93. The Bertz CT molecular complexity index is 346. The maximum atomic E-state index is 12.9. The summed E-state index contributed by atoms with van der Waals surface area (Å²) in [6.45, 7) is 1.42. The van der Waals surface area contributed by atoms with Crippen molar-refractivity contribution in [2.75, 3.05) is 0 Å². The summed E-state index contributed by atoms with van der Waals surface area (Å²) in [6.07, 6.45) is 2.96. The van der Waals surface area contributed by atoms with Crippen molar-refractivity contribution >= 4 is 11.5 Å². The van der Waals surface area contributed by atoms with Gasteiger partial charge in [0.15, 0.2) is 0 Å². The van der Waals surface area contributed by atoms with Crippen molar-refractivity contribution in [2.45, 2.75) is 6.92 Å². The van der Waals surface area contributed by atoms with Crippen LogP contribution in [0.4, 0.5) is 4.39 Å². The van der Waals surface area contributed by atoms with Crippen molar-refractivity contribution in [2.24, 2.45) is 0 Å². The first kappa shape index (κ1) is 9.38. The number of carbonyl (C=O) groups is 1. The SMILES string of the molecule is CC(=C(F)C(=O)O)c1ccncc1. The molecule has 0 saturated carbocycles. The lowest BCUT2D eigenvalue weighted by molar-refractivity contribution is -0.134. The molecule has 0 amide bonds. The van der Waals surface area contributed by atoms with E-state index < -0.39 is 11.8 Å². The highest BCUT2D eigenvalue weighted by Crippen LogP contribution is 2.17. The van der Waals surface area contributed by atoms with Gasteiger partial charge >= 0.3 is 5.97 Å². The van der Waals surface area contributed by atoms with E-state index >= 15 is 0 Å². The minimum Gasteiger partial charge on any atom is -0.476 e. The van der Waals surface area contributed by atoms with Crippen molar-refractivity contribution in [1.82, 2.24) is 4.98 Å². The Morgan fingerprint density at radius 1 is 1.46 bits per heavy atom. The van der Waals surface area contributed by atoms with Gasteiger partial charge in [-0.2, -0.15) is 4.39 Å². The lowest BCUT2D eigenvalue weighted by Crippen LogP contribution is -1.97. The fourth-order valence-corrected chi connectivity index (χ4v) is 0.889. The summed E-state index contributed by atoms with van der Waals surface area (Å²) in [5, 5.41) is 8.37. The fraction of sp³-hybridized carbons (Fsp3) is 0.111. The second kappa shape index (κ2) is 3.80. The number of hydrogen-bond donors (Lipinski definition) is 1. The lowest BCUT2D eigenvalue weighted by atomic mass is 10.1. The smallest absolute Gasteiger partial charge is 0.365 e. The molecule has 1 N–H and O–H groups in total. The highest BCUT2D eigenvalue weighted by Gasteiger charge is 2.10. The summed E-state index contributed by atoms with van der Waals surface area (Å²) < 4.78 is 12.9. The predicted octanol–water partition coefficient (Wildman–Crippen LogP) is 1.87. The summed E-state index contributed by atoms with van der Waals surface area (Å²) in [7, 11) is 0. The Morgan fingerprint density at radius 2 is 2.00 bits per heavy atom. The van der Waals surface area contributed by atoms with Gasteiger partial charge < -0.3 is 5.11 Å². The standard InChI is InChI=1S/C9H8FNO2/c1-6(8(10)9(12)13)7-2-4-11-5-3-7/h2-5H,1H3,(H,12,13). The average Bonchev–Trinajstić information content (AvgIpc) is 2.17. The van der Waals surface area contributed by atoms with Gasteiger partial charge in [-0.25, -0.2) is 4.79 Å². The number of rotatable bonds is 2. The quantitative estimate of drug-likeness (QED) is 0.708. The van der Waals surface area contributed by atoms with E-state index in [1.807, 2.05) is 0 Å². The third kappa shape index (κ3) is 2.11. The molecule has 68 valence electrons. The molecule has 1 aromatic heterocycles. The molecule has 0 aliphatic rings. The molecule has 0 fully saturated rings. The van der Waals surface area contributed by atoms with Gasteiger partial charge in [0.05, 0.1) is 0 Å². The molecule has 0 aliphatic carbocycles. The van der Waals surface area contributed by atoms with Crippen LogP contribution in [-0.2, 0) is 4.79 Å². The zero-order valence-corrected chi connectivity index (χ0v) is 6.99. The number of carboxylic acids is 1. The molecule has 0 aromatic carbocycles. The number of aliphatic carboxylic acids is 1. The molecule has 1 aromatic rings. The number of halogens is 1. The van der Waals surface area contributed by atoms with E-state index in [9.17, 15) is 9.18 Å². The fourth-order valence-electron chi connectivity index (χ4n) is 0.889. The average molecular weight is 181 g/mol. The number of pyridine rings is 1. The number of carboxylic acid groups (broad SMARTS) is 1. The Labute approximate surface area is 74.5 Å².